The molecule has 3 saturated heterocycles. The SMILES string of the molecule is Cc1cc(CN2CCC[C@@]3(CCCN3C(=O)[C@H]3CCO[C@H]3C)CC2)n(C)n1. The van der Waals surface area contributed by atoms with E-state index in [1.807, 2.05) is 11.7 Å². The first-order valence-electron chi connectivity index (χ1n) is 10.6. The third kappa shape index (κ3) is 3.66. The molecule has 1 amide bonds. The minimum atomic E-state index is 0.0664. The van der Waals surface area contributed by atoms with Gasteiger partial charge in [0.1, 0.15) is 0 Å². The van der Waals surface area contributed by atoms with E-state index in [2.05, 4.69) is 34.8 Å². The van der Waals surface area contributed by atoms with E-state index in [1.54, 1.807) is 0 Å². The average Bonchev–Trinajstić information content (AvgIpc) is 3.27. The van der Waals surface area contributed by atoms with Crippen molar-refractivity contribution in [3.63, 3.8) is 0 Å². The standard InChI is InChI=1S/C21H34N4O2/c1-16-14-18(23(3)22-16)15-24-10-4-7-21(9-12-24)8-5-11-25(21)20(26)19-6-13-27-17(19)2/h14,17,19H,4-13,15H2,1-3H3/t17-,19-,21+/m0/s1. The Labute approximate surface area is 162 Å². The van der Waals surface area contributed by atoms with E-state index in [0.29, 0.717) is 5.91 Å². The van der Waals surface area contributed by atoms with Crippen LogP contribution < -0.4 is 0 Å². The van der Waals surface area contributed by atoms with E-state index in [0.717, 1.165) is 70.6 Å². The van der Waals surface area contributed by atoms with E-state index in [4.69, 9.17) is 4.74 Å². The number of likely N-dealkylation sites (tertiary alicyclic amines) is 2. The van der Waals surface area contributed by atoms with Crippen LogP contribution in [0.25, 0.3) is 0 Å². The van der Waals surface area contributed by atoms with Gasteiger partial charge in [0.25, 0.3) is 0 Å². The third-order valence-corrected chi connectivity index (χ3v) is 7.05. The molecule has 0 aliphatic carbocycles. The van der Waals surface area contributed by atoms with Gasteiger partial charge in [-0.2, -0.15) is 5.10 Å². The fourth-order valence-corrected chi connectivity index (χ4v) is 5.49. The van der Waals surface area contributed by atoms with Crippen LogP contribution in [0.5, 0.6) is 0 Å². The summed E-state index contributed by atoms with van der Waals surface area (Å²) in [5.74, 6) is 0.421. The van der Waals surface area contributed by atoms with Gasteiger partial charge in [0.05, 0.1) is 23.4 Å². The van der Waals surface area contributed by atoms with Crippen LogP contribution in [0, 0.1) is 12.8 Å². The summed E-state index contributed by atoms with van der Waals surface area (Å²) in [6.45, 7) is 8.90. The number of carbonyl (C=O) groups excluding carboxylic acids is 1. The highest BCUT2D eigenvalue weighted by Crippen LogP contribution is 2.40. The Morgan fingerprint density at radius 1 is 1.26 bits per heavy atom. The van der Waals surface area contributed by atoms with Crippen molar-refractivity contribution in [2.75, 3.05) is 26.2 Å². The zero-order valence-electron chi connectivity index (χ0n) is 17.1. The second-order valence-corrected chi connectivity index (χ2v) is 8.82. The van der Waals surface area contributed by atoms with Crippen molar-refractivity contribution < 1.29 is 9.53 Å². The van der Waals surface area contributed by atoms with Gasteiger partial charge in [0.15, 0.2) is 0 Å². The molecule has 0 radical (unpaired) electrons. The van der Waals surface area contributed by atoms with Crippen molar-refractivity contribution in [1.82, 2.24) is 19.6 Å². The minimum Gasteiger partial charge on any atom is -0.378 e. The summed E-state index contributed by atoms with van der Waals surface area (Å²) >= 11 is 0. The summed E-state index contributed by atoms with van der Waals surface area (Å²) in [7, 11) is 2.03. The van der Waals surface area contributed by atoms with Crippen LogP contribution in [-0.2, 0) is 23.1 Å². The van der Waals surface area contributed by atoms with Gasteiger partial charge in [-0.3, -0.25) is 14.4 Å². The first kappa shape index (κ1) is 18.9. The number of rotatable bonds is 3. The molecule has 1 aromatic heterocycles. The van der Waals surface area contributed by atoms with Crippen molar-refractivity contribution in [3.8, 4) is 0 Å². The number of amides is 1. The van der Waals surface area contributed by atoms with Crippen LogP contribution in [0.4, 0.5) is 0 Å². The fraction of sp³-hybridized carbons (Fsp3) is 0.810. The quantitative estimate of drug-likeness (QED) is 0.816. The van der Waals surface area contributed by atoms with Crippen molar-refractivity contribution >= 4 is 5.91 Å². The average molecular weight is 375 g/mol. The third-order valence-electron chi connectivity index (χ3n) is 7.05. The van der Waals surface area contributed by atoms with E-state index >= 15 is 0 Å². The minimum absolute atomic E-state index is 0.0664. The molecule has 0 bridgehead atoms. The molecular formula is C21H34N4O2. The second-order valence-electron chi connectivity index (χ2n) is 8.82. The Hall–Kier alpha value is -1.40. The normalized spacial score (nSPS) is 32.3. The largest absolute Gasteiger partial charge is 0.378 e. The molecule has 0 unspecified atom stereocenters. The molecule has 3 aliphatic rings. The summed E-state index contributed by atoms with van der Waals surface area (Å²) in [6.07, 6.45) is 6.67. The number of aromatic nitrogens is 2. The highest BCUT2D eigenvalue weighted by Gasteiger charge is 2.47. The number of hydrogen-bond acceptors (Lipinski definition) is 4. The molecule has 3 fully saturated rings. The topological polar surface area (TPSA) is 50.6 Å². The van der Waals surface area contributed by atoms with Crippen molar-refractivity contribution in [2.45, 2.75) is 70.6 Å². The van der Waals surface area contributed by atoms with Crippen LogP contribution in [0.3, 0.4) is 0 Å². The maximum atomic E-state index is 13.3. The zero-order valence-corrected chi connectivity index (χ0v) is 17.1. The highest BCUT2D eigenvalue weighted by atomic mass is 16.5. The molecule has 4 rings (SSSR count). The molecule has 150 valence electrons. The van der Waals surface area contributed by atoms with Gasteiger partial charge in [0.2, 0.25) is 5.91 Å². The van der Waals surface area contributed by atoms with Gasteiger partial charge in [-0.05, 0) is 65.0 Å². The molecule has 6 nitrogen and oxygen atoms in total. The lowest BCUT2D eigenvalue weighted by Gasteiger charge is -2.40. The molecule has 3 aliphatic heterocycles. The molecular weight excluding hydrogens is 340 g/mol. The lowest BCUT2D eigenvalue weighted by molar-refractivity contribution is -0.141. The van der Waals surface area contributed by atoms with Crippen LogP contribution in [0.1, 0.15) is 56.8 Å². The zero-order chi connectivity index (χ0) is 19.0. The van der Waals surface area contributed by atoms with E-state index in [-0.39, 0.29) is 17.6 Å². The van der Waals surface area contributed by atoms with Crippen LogP contribution >= 0.6 is 0 Å². The van der Waals surface area contributed by atoms with Gasteiger partial charge in [-0.15, -0.1) is 0 Å². The molecule has 0 N–H and O–H groups in total. The number of hydrogen-bond donors (Lipinski definition) is 0. The molecule has 3 atom stereocenters. The molecule has 0 saturated carbocycles. The van der Waals surface area contributed by atoms with Crippen LogP contribution in [-0.4, -0.2) is 63.4 Å². The van der Waals surface area contributed by atoms with E-state index in [9.17, 15) is 4.79 Å². The maximum Gasteiger partial charge on any atom is 0.228 e. The Kier molecular flexibility index (Phi) is 5.30. The fourth-order valence-electron chi connectivity index (χ4n) is 5.49. The summed E-state index contributed by atoms with van der Waals surface area (Å²) in [5.41, 5.74) is 2.44. The molecule has 1 aromatic rings. The summed E-state index contributed by atoms with van der Waals surface area (Å²) in [4.78, 5) is 18.1. The van der Waals surface area contributed by atoms with Crippen LogP contribution in [0.15, 0.2) is 6.07 Å². The molecule has 6 heteroatoms. The van der Waals surface area contributed by atoms with Crippen molar-refractivity contribution in [3.05, 3.63) is 17.5 Å². The maximum absolute atomic E-state index is 13.3. The molecule has 0 aromatic carbocycles. The summed E-state index contributed by atoms with van der Waals surface area (Å²) in [6, 6.07) is 2.19. The lowest BCUT2D eigenvalue weighted by Crippen LogP contribution is -2.51. The Bertz CT molecular complexity index is 688. The number of aryl methyl sites for hydroxylation is 2. The first-order valence-corrected chi connectivity index (χ1v) is 10.6. The van der Waals surface area contributed by atoms with Gasteiger partial charge in [0, 0.05) is 38.8 Å². The Balaban J connectivity index is 1.44. The summed E-state index contributed by atoms with van der Waals surface area (Å²) < 4.78 is 7.68. The summed E-state index contributed by atoms with van der Waals surface area (Å²) in [5, 5.41) is 4.48. The molecule has 1 spiro atoms. The van der Waals surface area contributed by atoms with Crippen molar-refractivity contribution in [2.24, 2.45) is 13.0 Å². The first-order chi connectivity index (χ1) is 13.0. The van der Waals surface area contributed by atoms with Gasteiger partial charge in [-0.1, -0.05) is 0 Å². The van der Waals surface area contributed by atoms with E-state index < -0.39 is 0 Å². The van der Waals surface area contributed by atoms with Gasteiger partial charge < -0.3 is 9.64 Å². The second kappa shape index (κ2) is 7.55. The lowest BCUT2D eigenvalue weighted by atomic mass is 9.86. The molecule has 27 heavy (non-hydrogen) atoms. The Morgan fingerprint density at radius 2 is 2.04 bits per heavy atom. The highest BCUT2D eigenvalue weighted by molar-refractivity contribution is 5.80. The van der Waals surface area contributed by atoms with Gasteiger partial charge >= 0.3 is 0 Å². The van der Waals surface area contributed by atoms with Gasteiger partial charge in [-0.25, -0.2) is 0 Å². The molecule has 4 heterocycles. The number of carbonyl (C=O) groups is 1. The monoisotopic (exact) mass is 374 g/mol. The van der Waals surface area contributed by atoms with E-state index in [1.165, 1.54) is 12.1 Å². The Morgan fingerprint density at radius 3 is 2.70 bits per heavy atom. The smallest absolute Gasteiger partial charge is 0.228 e. The van der Waals surface area contributed by atoms with Crippen LogP contribution in [0.2, 0.25) is 0 Å². The van der Waals surface area contributed by atoms with Crippen molar-refractivity contribution in [1.29, 1.82) is 0 Å². The predicted octanol–water partition coefficient (Wildman–Crippen LogP) is 2.50. The number of ether oxygens (including phenoxy) is 1. The predicted molar refractivity (Wildman–Crippen MR) is 104 cm³/mol. The number of nitrogens with zero attached hydrogens (tertiary/aromatic N) is 4.